The molecule has 0 saturated carbocycles. The Morgan fingerprint density at radius 3 is 2.53 bits per heavy atom. The molecule has 1 saturated heterocycles. The van der Waals surface area contributed by atoms with Crippen molar-refractivity contribution in [3.63, 3.8) is 0 Å². The third-order valence-corrected chi connectivity index (χ3v) is 3.31. The number of rotatable bonds is 2. The van der Waals surface area contributed by atoms with Crippen LogP contribution in [0.1, 0.15) is 0 Å². The minimum absolute atomic E-state index is 0.0613. The van der Waals surface area contributed by atoms with Crippen LogP contribution in [0.2, 0.25) is 0 Å². The van der Waals surface area contributed by atoms with Gasteiger partial charge in [0.05, 0.1) is 11.4 Å². The minimum Gasteiger partial charge on any atom is -0.391 e. The summed E-state index contributed by atoms with van der Waals surface area (Å²) in [5.74, 6) is 0.705. The first-order chi connectivity index (χ1) is 7.15. The number of nitrogens with zero attached hydrogens (tertiary/aromatic N) is 2. The van der Waals surface area contributed by atoms with Crippen LogP contribution < -0.4 is 16.8 Å². The van der Waals surface area contributed by atoms with E-state index < -0.39 is 0 Å². The largest absolute Gasteiger partial charge is 0.391 e. The van der Waals surface area contributed by atoms with Gasteiger partial charge in [-0.1, -0.05) is 11.8 Å². The molecular weight excluding hydrogens is 214 g/mol. The van der Waals surface area contributed by atoms with Gasteiger partial charge in [0.1, 0.15) is 11.6 Å². The van der Waals surface area contributed by atoms with E-state index in [1.54, 1.807) is 0 Å². The Hall–Kier alpha value is -1.05. The first-order valence-electron chi connectivity index (χ1n) is 4.60. The van der Waals surface area contributed by atoms with Crippen molar-refractivity contribution in [3.8, 4) is 0 Å². The van der Waals surface area contributed by atoms with Crippen molar-refractivity contribution >= 4 is 23.4 Å². The van der Waals surface area contributed by atoms with E-state index in [4.69, 9.17) is 11.5 Å². The van der Waals surface area contributed by atoms with Crippen LogP contribution in [0.3, 0.4) is 0 Å². The van der Waals surface area contributed by atoms with Gasteiger partial charge in [-0.25, -0.2) is 9.97 Å². The van der Waals surface area contributed by atoms with Gasteiger partial charge in [-0.3, -0.25) is 0 Å². The quantitative estimate of drug-likeness (QED) is 0.483. The van der Waals surface area contributed by atoms with E-state index in [0.717, 1.165) is 6.54 Å². The van der Waals surface area contributed by atoms with E-state index in [1.165, 1.54) is 17.8 Å². The molecule has 0 amide bonds. The molecule has 82 valence electrons. The molecule has 1 aromatic heterocycles. The van der Waals surface area contributed by atoms with Crippen molar-refractivity contribution < 1.29 is 5.11 Å². The number of thioether (sulfide) groups is 1. The smallest absolute Gasteiger partial charge is 0.191 e. The Bertz CT molecular complexity index is 341. The number of β-amino-alcohol motifs (C(OH)–C–C–N with tert-alkyl or cyclic N) is 1. The topological polar surface area (TPSA) is 110 Å². The van der Waals surface area contributed by atoms with Crippen LogP contribution in [0.4, 0.5) is 11.6 Å². The summed E-state index contributed by atoms with van der Waals surface area (Å²) in [5.41, 5.74) is 11.1. The van der Waals surface area contributed by atoms with E-state index in [-0.39, 0.29) is 11.4 Å². The van der Waals surface area contributed by atoms with E-state index >= 15 is 0 Å². The molecule has 1 aromatic rings. The third kappa shape index (κ3) is 2.49. The summed E-state index contributed by atoms with van der Waals surface area (Å²) < 4.78 is 0. The molecule has 2 unspecified atom stereocenters. The second-order valence-electron chi connectivity index (χ2n) is 3.38. The molecular formula is C8H13N5OS. The zero-order valence-electron chi connectivity index (χ0n) is 8.05. The number of nitrogens with two attached hydrogens (primary N) is 2. The van der Waals surface area contributed by atoms with Crippen LogP contribution in [-0.4, -0.2) is 39.5 Å². The van der Waals surface area contributed by atoms with Gasteiger partial charge in [0.25, 0.3) is 0 Å². The maximum Gasteiger partial charge on any atom is 0.191 e. The van der Waals surface area contributed by atoms with Gasteiger partial charge in [-0.15, -0.1) is 0 Å². The molecule has 15 heavy (non-hydrogen) atoms. The van der Waals surface area contributed by atoms with Crippen molar-refractivity contribution in [2.24, 2.45) is 0 Å². The fourth-order valence-corrected chi connectivity index (χ4v) is 2.45. The van der Waals surface area contributed by atoms with E-state index in [0.29, 0.717) is 23.3 Å². The number of aliphatic hydroxyl groups excluding tert-OH is 1. The van der Waals surface area contributed by atoms with Crippen LogP contribution in [-0.2, 0) is 0 Å². The molecule has 2 atom stereocenters. The van der Waals surface area contributed by atoms with E-state index in [1.807, 2.05) is 0 Å². The Labute approximate surface area is 91.5 Å². The van der Waals surface area contributed by atoms with Gasteiger partial charge in [0.2, 0.25) is 0 Å². The van der Waals surface area contributed by atoms with Gasteiger partial charge in [-0.05, 0) is 0 Å². The van der Waals surface area contributed by atoms with Crippen molar-refractivity contribution in [2.45, 2.75) is 16.5 Å². The lowest BCUT2D eigenvalue weighted by atomic mass is 10.3. The van der Waals surface area contributed by atoms with Crippen LogP contribution in [0.15, 0.2) is 11.2 Å². The highest BCUT2D eigenvalue weighted by Crippen LogP contribution is 2.25. The van der Waals surface area contributed by atoms with E-state index in [9.17, 15) is 5.11 Å². The Morgan fingerprint density at radius 1 is 1.33 bits per heavy atom. The summed E-state index contributed by atoms with van der Waals surface area (Å²) in [6.07, 6.45) is -0.374. The monoisotopic (exact) mass is 227 g/mol. The molecule has 2 heterocycles. The highest BCUT2D eigenvalue weighted by molar-refractivity contribution is 7.99. The van der Waals surface area contributed by atoms with Crippen molar-refractivity contribution in [1.82, 2.24) is 15.3 Å². The summed E-state index contributed by atoms with van der Waals surface area (Å²) in [6.45, 7) is 1.35. The average molecular weight is 227 g/mol. The fraction of sp³-hybridized carbons (Fsp3) is 0.500. The second-order valence-corrected chi connectivity index (χ2v) is 4.59. The minimum atomic E-state index is -0.374. The summed E-state index contributed by atoms with van der Waals surface area (Å²) in [4.78, 5) is 8.09. The molecule has 0 aromatic carbocycles. The number of nitrogens with one attached hydrogen (secondary N) is 1. The molecule has 2 rings (SSSR count). The first kappa shape index (κ1) is 10.5. The number of nitrogen functional groups attached to an aromatic ring is 2. The van der Waals surface area contributed by atoms with E-state index in [2.05, 4.69) is 15.3 Å². The zero-order valence-corrected chi connectivity index (χ0v) is 8.87. The second kappa shape index (κ2) is 4.21. The van der Waals surface area contributed by atoms with Crippen LogP contribution >= 0.6 is 11.8 Å². The molecule has 7 heteroatoms. The maximum atomic E-state index is 9.59. The molecule has 1 aliphatic heterocycles. The standard InChI is InChI=1S/C8H13N5OS/c9-6-1-7(10)13-8(12-6)15-5-3-11-2-4(5)14/h1,4-5,11,14H,2-3H2,(H4,9,10,12,13). The SMILES string of the molecule is Nc1cc(N)nc(SC2CNCC2O)n1. The number of anilines is 2. The van der Waals surface area contributed by atoms with Crippen molar-refractivity contribution in [2.75, 3.05) is 24.6 Å². The molecule has 0 bridgehead atoms. The lowest BCUT2D eigenvalue weighted by molar-refractivity contribution is 0.201. The molecule has 0 radical (unpaired) electrons. The zero-order chi connectivity index (χ0) is 10.8. The number of hydrogen-bond acceptors (Lipinski definition) is 7. The van der Waals surface area contributed by atoms with Gasteiger partial charge in [0.15, 0.2) is 5.16 Å². The summed E-state index contributed by atoms with van der Waals surface area (Å²) in [6, 6.07) is 1.51. The summed E-state index contributed by atoms with van der Waals surface area (Å²) in [5, 5.41) is 13.2. The third-order valence-electron chi connectivity index (χ3n) is 2.13. The highest BCUT2D eigenvalue weighted by atomic mass is 32.2. The molecule has 6 nitrogen and oxygen atoms in total. The predicted octanol–water partition coefficient (Wildman–Crippen LogP) is -0.934. The normalized spacial score (nSPS) is 25.7. The lowest BCUT2D eigenvalue weighted by Gasteiger charge is -2.11. The van der Waals surface area contributed by atoms with Crippen molar-refractivity contribution in [1.29, 1.82) is 0 Å². The summed E-state index contributed by atoms with van der Waals surface area (Å²) >= 11 is 1.39. The van der Waals surface area contributed by atoms with Crippen molar-refractivity contribution in [3.05, 3.63) is 6.07 Å². The van der Waals surface area contributed by atoms with Crippen LogP contribution in [0.25, 0.3) is 0 Å². The highest BCUT2D eigenvalue weighted by Gasteiger charge is 2.26. The first-order valence-corrected chi connectivity index (χ1v) is 5.48. The number of hydrogen-bond donors (Lipinski definition) is 4. The van der Waals surface area contributed by atoms with Crippen LogP contribution in [0, 0.1) is 0 Å². The van der Waals surface area contributed by atoms with Gasteiger partial charge in [-0.2, -0.15) is 0 Å². The molecule has 6 N–H and O–H groups in total. The Kier molecular flexibility index (Phi) is 2.94. The lowest BCUT2D eigenvalue weighted by Crippen LogP contribution is -2.20. The summed E-state index contributed by atoms with van der Waals surface area (Å²) in [7, 11) is 0. The maximum absolute atomic E-state index is 9.59. The average Bonchev–Trinajstić information content (AvgIpc) is 2.50. The number of aromatic nitrogens is 2. The van der Waals surface area contributed by atoms with Gasteiger partial charge < -0.3 is 21.9 Å². The van der Waals surface area contributed by atoms with Gasteiger partial charge >= 0.3 is 0 Å². The fourth-order valence-electron chi connectivity index (χ4n) is 1.41. The molecule has 1 fully saturated rings. The number of aliphatic hydroxyl groups is 1. The molecule has 0 spiro atoms. The van der Waals surface area contributed by atoms with Gasteiger partial charge in [0, 0.05) is 19.2 Å². The van der Waals surface area contributed by atoms with Crippen LogP contribution in [0.5, 0.6) is 0 Å². The Balaban J connectivity index is 2.10. The molecule has 0 aliphatic carbocycles. The Morgan fingerprint density at radius 2 is 2.00 bits per heavy atom. The predicted molar refractivity (Wildman–Crippen MR) is 59.4 cm³/mol. The molecule has 1 aliphatic rings.